The van der Waals surface area contributed by atoms with Gasteiger partial charge in [-0.15, -0.1) is 11.6 Å². The van der Waals surface area contributed by atoms with E-state index in [-0.39, 0.29) is 5.69 Å². The maximum Gasteiger partial charge on any atom is 0.269 e. The number of benzene rings is 1. The monoisotopic (exact) mass is 301 g/mol. The Bertz CT molecular complexity index is 825. The van der Waals surface area contributed by atoms with E-state index in [0.717, 1.165) is 28.2 Å². The maximum atomic E-state index is 10.7. The molecule has 5 nitrogen and oxygen atoms in total. The van der Waals surface area contributed by atoms with E-state index in [4.69, 9.17) is 11.6 Å². The summed E-state index contributed by atoms with van der Waals surface area (Å²) in [6.45, 7) is 1.99. The largest absolute Gasteiger partial charge is 0.302 e. The first kappa shape index (κ1) is 13.6. The van der Waals surface area contributed by atoms with Gasteiger partial charge in [-0.3, -0.25) is 10.1 Å². The molecule has 0 radical (unpaired) electrons. The average molecular weight is 302 g/mol. The van der Waals surface area contributed by atoms with Crippen molar-refractivity contribution in [3.63, 3.8) is 0 Å². The van der Waals surface area contributed by atoms with Crippen molar-refractivity contribution < 1.29 is 4.92 Å². The summed E-state index contributed by atoms with van der Waals surface area (Å²) in [5.41, 5.74) is 4.42. The first-order chi connectivity index (χ1) is 10.1. The normalized spacial score (nSPS) is 11.0. The quantitative estimate of drug-likeness (QED) is 0.418. The van der Waals surface area contributed by atoms with Crippen LogP contribution >= 0.6 is 11.6 Å². The number of nitro benzene ring substituents is 1. The summed E-state index contributed by atoms with van der Waals surface area (Å²) in [7, 11) is 0. The molecule has 0 saturated carbocycles. The summed E-state index contributed by atoms with van der Waals surface area (Å²) in [4.78, 5) is 14.9. The molecule has 0 N–H and O–H groups in total. The average Bonchev–Trinajstić information content (AvgIpc) is 2.87. The van der Waals surface area contributed by atoms with Gasteiger partial charge in [0.2, 0.25) is 0 Å². The number of nitrogens with zero attached hydrogens (tertiary/aromatic N) is 3. The van der Waals surface area contributed by atoms with Crippen molar-refractivity contribution in [2.75, 3.05) is 0 Å². The fourth-order valence-corrected chi connectivity index (χ4v) is 2.61. The van der Waals surface area contributed by atoms with Crippen molar-refractivity contribution >= 4 is 22.9 Å². The molecule has 2 heterocycles. The van der Waals surface area contributed by atoms with E-state index in [9.17, 15) is 10.1 Å². The smallest absolute Gasteiger partial charge is 0.269 e. The Morgan fingerprint density at radius 2 is 2.00 bits per heavy atom. The molecule has 3 aromatic rings. The summed E-state index contributed by atoms with van der Waals surface area (Å²) in [6.07, 6.45) is 1.92. The summed E-state index contributed by atoms with van der Waals surface area (Å²) in [5.74, 6) is 0.316. The molecule has 0 bridgehead atoms. The minimum absolute atomic E-state index is 0.0612. The zero-order chi connectivity index (χ0) is 15.0. The van der Waals surface area contributed by atoms with Gasteiger partial charge >= 0.3 is 0 Å². The van der Waals surface area contributed by atoms with Crippen LogP contribution in [0.5, 0.6) is 0 Å². The van der Waals surface area contributed by atoms with Gasteiger partial charge in [-0.05, 0) is 30.7 Å². The van der Waals surface area contributed by atoms with E-state index in [1.807, 2.05) is 29.7 Å². The first-order valence-electron chi connectivity index (χ1n) is 6.39. The summed E-state index contributed by atoms with van der Waals surface area (Å²) in [6, 6.07) is 10.3. The second-order valence-electron chi connectivity index (χ2n) is 4.73. The lowest BCUT2D eigenvalue weighted by Crippen LogP contribution is -1.92. The molecule has 0 unspecified atom stereocenters. The second-order valence-corrected chi connectivity index (χ2v) is 5.00. The lowest BCUT2D eigenvalue weighted by molar-refractivity contribution is -0.384. The van der Waals surface area contributed by atoms with Crippen molar-refractivity contribution in [2.24, 2.45) is 0 Å². The Labute approximate surface area is 126 Å². The highest BCUT2D eigenvalue weighted by Crippen LogP contribution is 2.28. The lowest BCUT2D eigenvalue weighted by Gasteiger charge is -2.01. The third-order valence-corrected chi connectivity index (χ3v) is 3.68. The van der Waals surface area contributed by atoms with Crippen LogP contribution in [0.4, 0.5) is 5.69 Å². The Morgan fingerprint density at radius 1 is 1.29 bits per heavy atom. The van der Waals surface area contributed by atoms with E-state index in [2.05, 4.69) is 4.98 Å². The molecule has 0 aliphatic heterocycles. The predicted octanol–water partition coefficient (Wildman–Crippen LogP) is 3.96. The molecule has 0 aliphatic rings. The number of aryl methyl sites for hydroxylation is 1. The maximum absolute atomic E-state index is 10.7. The van der Waals surface area contributed by atoms with Crippen molar-refractivity contribution in [2.45, 2.75) is 12.8 Å². The Balaban J connectivity index is 2.19. The number of non-ortho nitro benzene ring substituents is 1. The number of hydrogen-bond acceptors (Lipinski definition) is 3. The van der Waals surface area contributed by atoms with Gasteiger partial charge in [0.05, 0.1) is 22.2 Å². The number of aromatic nitrogens is 2. The number of pyridine rings is 1. The van der Waals surface area contributed by atoms with Gasteiger partial charge in [-0.1, -0.05) is 6.07 Å². The minimum Gasteiger partial charge on any atom is -0.302 e. The molecule has 0 atom stereocenters. The van der Waals surface area contributed by atoms with Crippen molar-refractivity contribution in [3.8, 4) is 11.3 Å². The molecule has 6 heteroatoms. The third-order valence-electron chi connectivity index (χ3n) is 3.42. The SMILES string of the molecule is Cc1cccn2c(CCl)c(-c3ccc([N+](=O)[O-])cc3)nc12. The highest BCUT2D eigenvalue weighted by Gasteiger charge is 2.15. The highest BCUT2D eigenvalue weighted by molar-refractivity contribution is 6.17. The van der Waals surface area contributed by atoms with Gasteiger partial charge in [0.15, 0.2) is 0 Å². The van der Waals surface area contributed by atoms with Gasteiger partial charge < -0.3 is 4.40 Å². The minimum atomic E-state index is -0.417. The van der Waals surface area contributed by atoms with Crippen LogP contribution < -0.4 is 0 Å². The van der Waals surface area contributed by atoms with Gasteiger partial charge in [0, 0.05) is 23.9 Å². The number of halogens is 1. The van der Waals surface area contributed by atoms with Crippen LogP contribution in [0.2, 0.25) is 0 Å². The third kappa shape index (κ3) is 2.25. The molecule has 0 amide bonds. The number of alkyl halides is 1. The fourth-order valence-electron chi connectivity index (χ4n) is 2.35. The molecule has 0 aliphatic carbocycles. The van der Waals surface area contributed by atoms with Gasteiger partial charge in [-0.2, -0.15) is 0 Å². The van der Waals surface area contributed by atoms with E-state index >= 15 is 0 Å². The summed E-state index contributed by atoms with van der Waals surface area (Å²) in [5, 5.41) is 10.7. The Kier molecular flexibility index (Phi) is 3.35. The number of hydrogen-bond donors (Lipinski definition) is 0. The highest BCUT2D eigenvalue weighted by atomic mass is 35.5. The van der Waals surface area contributed by atoms with Crippen LogP contribution in [0, 0.1) is 17.0 Å². The van der Waals surface area contributed by atoms with Gasteiger partial charge in [0.25, 0.3) is 5.69 Å². The van der Waals surface area contributed by atoms with Crippen LogP contribution in [0.3, 0.4) is 0 Å². The van der Waals surface area contributed by atoms with Gasteiger partial charge in [0.1, 0.15) is 5.65 Å². The topological polar surface area (TPSA) is 60.4 Å². The van der Waals surface area contributed by atoms with E-state index in [0.29, 0.717) is 5.88 Å². The van der Waals surface area contributed by atoms with Crippen LogP contribution in [0.25, 0.3) is 16.9 Å². The number of fused-ring (bicyclic) bond motifs is 1. The van der Waals surface area contributed by atoms with Crippen molar-refractivity contribution in [3.05, 3.63) is 64.0 Å². The lowest BCUT2D eigenvalue weighted by atomic mass is 10.1. The molecule has 106 valence electrons. The molecule has 0 saturated heterocycles. The van der Waals surface area contributed by atoms with Crippen molar-refractivity contribution in [1.29, 1.82) is 0 Å². The van der Waals surface area contributed by atoms with Crippen molar-refractivity contribution in [1.82, 2.24) is 9.38 Å². The molecule has 0 spiro atoms. The summed E-state index contributed by atoms with van der Waals surface area (Å²) < 4.78 is 1.96. The van der Waals surface area contributed by atoms with Crippen LogP contribution in [0.1, 0.15) is 11.3 Å². The zero-order valence-electron chi connectivity index (χ0n) is 11.3. The van der Waals surface area contributed by atoms with E-state index in [1.54, 1.807) is 12.1 Å². The molecule has 0 fully saturated rings. The zero-order valence-corrected chi connectivity index (χ0v) is 12.0. The molecule has 2 aromatic heterocycles. The molecule has 1 aromatic carbocycles. The standard InChI is InChI=1S/C15H12ClN3O2/c1-10-3-2-8-18-13(9-16)14(17-15(10)18)11-4-6-12(7-5-11)19(20)21/h2-8H,9H2,1H3. The van der Waals surface area contributed by atoms with E-state index < -0.39 is 4.92 Å². The Hall–Kier alpha value is -2.40. The molecular weight excluding hydrogens is 290 g/mol. The summed E-state index contributed by atoms with van der Waals surface area (Å²) >= 11 is 6.07. The van der Waals surface area contributed by atoms with E-state index in [1.165, 1.54) is 12.1 Å². The first-order valence-corrected chi connectivity index (χ1v) is 6.92. The Morgan fingerprint density at radius 3 is 2.62 bits per heavy atom. The van der Waals surface area contributed by atoms with Gasteiger partial charge in [-0.25, -0.2) is 4.98 Å². The number of rotatable bonds is 3. The van der Waals surface area contributed by atoms with Crippen LogP contribution in [0.15, 0.2) is 42.6 Å². The van der Waals surface area contributed by atoms with Crippen LogP contribution in [-0.2, 0) is 5.88 Å². The van der Waals surface area contributed by atoms with Crippen LogP contribution in [-0.4, -0.2) is 14.3 Å². The fraction of sp³-hybridized carbons (Fsp3) is 0.133. The molecule has 21 heavy (non-hydrogen) atoms. The second kappa shape index (κ2) is 5.18. The molecular formula is C15H12ClN3O2. The number of nitro groups is 1. The number of imidazole rings is 1. The predicted molar refractivity (Wildman–Crippen MR) is 81.6 cm³/mol. The molecule has 3 rings (SSSR count).